The predicted octanol–water partition coefficient (Wildman–Crippen LogP) is 8.76. The van der Waals surface area contributed by atoms with Gasteiger partial charge in [0.15, 0.2) is 74.9 Å². The highest BCUT2D eigenvalue weighted by Gasteiger charge is 2.32. The fraction of sp³-hybridized carbons (Fsp3) is 0.211. The number of pyridine rings is 5. The fourth-order valence-electron chi connectivity index (χ4n) is 16.4. The Morgan fingerprint density at radius 2 is 0.683 bits per heavy atom. The van der Waals surface area contributed by atoms with Crippen LogP contribution in [-0.2, 0) is 0 Å². The second kappa shape index (κ2) is 41.9. The Balaban J connectivity index is 0.000000130. The van der Waals surface area contributed by atoms with E-state index in [2.05, 4.69) is 107 Å². The van der Waals surface area contributed by atoms with Crippen LogP contribution in [0.1, 0.15) is 88.4 Å². The summed E-state index contributed by atoms with van der Waals surface area (Å²) >= 11 is 6.54. The topological polar surface area (TPSA) is 509 Å². The van der Waals surface area contributed by atoms with Crippen LogP contribution in [0.2, 0.25) is 5.02 Å². The smallest absolute Gasteiger partial charge is 0.263 e. The van der Waals surface area contributed by atoms with Gasteiger partial charge in [-0.1, -0.05) is 41.9 Å². The van der Waals surface area contributed by atoms with Gasteiger partial charge in [-0.25, -0.2) is 59.9 Å². The van der Waals surface area contributed by atoms with Crippen LogP contribution >= 0.6 is 11.6 Å². The first kappa shape index (κ1) is 96.3. The van der Waals surface area contributed by atoms with Crippen molar-refractivity contribution in [1.29, 1.82) is 0 Å². The van der Waals surface area contributed by atoms with Crippen LogP contribution in [0.5, 0.6) is 0 Å². The molecule has 47 heteroatoms. The van der Waals surface area contributed by atoms with Gasteiger partial charge in [-0.3, -0.25) is 63.3 Å². The van der Waals surface area contributed by atoms with E-state index in [-0.39, 0.29) is 108 Å². The van der Waals surface area contributed by atoms with Gasteiger partial charge in [0.05, 0.1) is 120 Å². The molecule has 41 nitrogen and oxygen atoms in total. The van der Waals surface area contributed by atoms with Crippen molar-refractivity contribution in [1.82, 2.24) is 123 Å². The number of hydrogen-bond donors (Lipinski definition) is 9. The summed E-state index contributed by atoms with van der Waals surface area (Å²) in [6.07, 6.45) is 21.2. The lowest BCUT2D eigenvalue weighted by atomic mass is 9.97. The lowest BCUT2D eigenvalue weighted by Crippen LogP contribution is -2.47. The molecular formula is C95H89ClF5N33O8. The molecule has 13 aromatic heterocycles. The van der Waals surface area contributed by atoms with E-state index in [1.165, 1.54) is 37.2 Å². The van der Waals surface area contributed by atoms with Crippen molar-refractivity contribution >= 4 is 127 Å². The number of amides is 8. The van der Waals surface area contributed by atoms with Gasteiger partial charge < -0.3 is 83.8 Å². The summed E-state index contributed by atoms with van der Waals surface area (Å²) in [7, 11) is 6.07. The summed E-state index contributed by atoms with van der Waals surface area (Å²) in [6, 6.07) is 26.0. The molecule has 3 aromatic carbocycles. The van der Waals surface area contributed by atoms with Crippen LogP contribution in [0.25, 0.3) is 67.2 Å². The Labute approximate surface area is 808 Å². The minimum Gasteiger partial charge on any atom is -0.381 e. The highest BCUT2D eigenvalue weighted by molar-refractivity contribution is 6.33. The number of aryl methyl sites for hydroxylation is 1. The third-order valence-electron chi connectivity index (χ3n) is 23.9. The lowest BCUT2D eigenvalue weighted by Gasteiger charge is -2.32. The number of aromatic nitrogens is 17. The second-order valence-electron chi connectivity index (χ2n) is 33.4. The Hall–Kier alpha value is -17.4. The molecule has 4 aliphatic heterocycles. The van der Waals surface area contributed by atoms with Crippen LogP contribution in [0.4, 0.5) is 68.0 Å². The number of piperazine rings is 4. The Morgan fingerprint density at radius 1 is 0.345 bits per heavy atom. The van der Waals surface area contributed by atoms with Crippen LogP contribution in [0.3, 0.4) is 0 Å². The minimum absolute atomic E-state index is 0.00787. The summed E-state index contributed by atoms with van der Waals surface area (Å²) in [5, 5.41) is 30.2. The predicted molar refractivity (Wildman–Crippen MR) is 516 cm³/mol. The van der Waals surface area contributed by atoms with Gasteiger partial charge in [-0.2, -0.15) is 0 Å². The number of nitrogens with one attached hydrogen (secondary N) is 5. The first-order chi connectivity index (χ1) is 68.4. The number of nitrogens with two attached hydrogens (primary N) is 4. The normalized spacial score (nSPS) is 14.1. The highest BCUT2D eigenvalue weighted by Crippen LogP contribution is 2.38. The molecule has 724 valence electrons. The highest BCUT2D eigenvalue weighted by atomic mass is 35.5. The molecule has 4 aliphatic rings. The van der Waals surface area contributed by atoms with Crippen molar-refractivity contribution in [2.45, 2.75) is 6.92 Å². The fourth-order valence-corrected chi connectivity index (χ4v) is 16.6. The molecule has 4 fully saturated rings. The summed E-state index contributed by atoms with van der Waals surface area (Å²) in [5.41, 5.74) is 32.7. The number of anilines is 8. The van der Waals surface area contributed by atoms with Crippen LogP contribution < -0.4 is 49.5 Å². The van der Waals surface area contributed by atoms with Gasteiger partial charge in [0.25, 0.3) is 47.3 Å². The maximum absolute atomic E-state index is 14.9. The molecule has 0 saturated carbocycles. The zero-order valence-electron chi connectivity index (χ0n) is 76.4. The lowest BCUT2D eigenvalue weighted by molar-refractivity contribution is 0.0657. The number of fused-ring (bicyclic) bond motifs is 4. The minimum atomic E-state index is -0.711. The Bertz CT molecular complexity index is 7350. The summed E-state index contributed by atoms with van der Waals surface area (Å²) < 4.78 is 73.2. The third-order valence-corrected chi connectivity index (χ3v) is 24.2. The molecule has 0 aliphatic carbocycles. The molecule has 0 atom stereocenters. The van der Waals surface area contributed by atoms with Gasteiger partial charge in [-0.15, -0.1) is 20.4 Å². The molecular weight excluding hydrogens is 1860 g/mol. The maximum atomic E-state index is 14.9. The quantitative estimate of drug-likeness (QED) is 0.0408. The molecule has 0 spiro atoms. The first-order valence-corrected chi connectivity index (χ1v) is 44.6. The molecule has 4 saturated heterocycles. The number of likely N-dealkylation sites (N-methyl/N-ethyl adjacent to an activating group) is 3. The van der Waals surface area contributed by atoms with Crippen LogP contribution in [0, 0.1) is 36.0 Å². The Kier molecular flexibility index (Phi) is 28.4. The number of carbonyl (C=O) groups excluding carboxylic acids is 8. The third kappa shape index (κ3) is 21.0. The van der Waals surface area contributed by atoms with E-state index in [0.29, 0.717) is 114 Å². The molecule has 0 radical (unpaired) electrons. The van der Waals surface area contributed by atoms with E-state index in [4.69, 9.17) is 34.5 Å². The van der Waals surface area contributed by atoms with Crippen molar-refractivity contribution in [2.75, 3.05) is 170 Å². The van der Waals surface area contributed by atoms with Crippen molar-refractivity contribution in [3.05, 3.63) is 281 Å². The van der Waals surface area contributed by atoms with Gasteiger partial charge >= 0.3 is 0 Å². The summed E-state index contributed by atoms with van der Waals surface area (Å²) in [5.74, 6) is -6.22. The second-order valence-corrected chi connectivity index (χ2v) is 33.8. The molecule has 8 amide bonds. The number of halogens is 6. The molecule has 20 rings (SSSR count). The number of rotatable bonds is 16. The van der Waals surface area contributed by atoms with Crippen molar-refractivity contribution in [3.63, 3.8) is 0 Å². The van der Waals surface area contributed by atoms with Crippen LogP contribution in [0.15, 0.2) is 196 Å². The SMILES string of the molecule is CN1CCN(C(=O)c2ccc(-c3c(F)cncc3NC(=O)c3c(N)nn4cc(F)cnc34)cc2)CC1.CN1CCN(C(=O)c2cnc(-c3ccncc3NC(=O)c3c(N)nn4cc(F)cnc34)c(Cl)c2)CC1.Cc1cc(C(=O)N2CCN(C)CC2)ccc1-c1ccncc1NC(=O)c1c(N)nn2cc(F)cnc12.Nc1nn2cc(F)cnc2c1C(=O)Nc1cnccc1-c1ccc(C(=O)N2CCNCC2)cc1. The van der Waals surface area contributed by atoms with Gasteiger partial charge in [-0.05, 0) is 111 Å². The van der Waals surface area contributed by atoms with E-state index in [9.17, 15) is 60.3 Å². The average molecular weight is 1950 g/mol. The van der Waals surface area contributed by atoms with Crippen LogP contribution in [-0.4, -0.2) is 291 Å². The molecule has 0 unspecified atom stereocenters. The standard InChI is InChI=1S/C25H25FN8O2.C24H22F2N8O2.C23H21ClFN9O2.C23H21FN8O2/c1-15-11-16(25(36)33-9-7-32(2)8-10-33)3-4-18(15)19-5-6-28-13-20(19)30-24(35)21-22(27)31-34-14-17(26)12-29-23(21)34;1-32-6-8-33(9-7-32)24(36)15-4-2-14(3-5-15)19-17(26)11-28-12-18(19)30-23(35)20-21(27)31-34-13-16(25)10-29-22(20)34;1-32-4-6-33(7-5-32)23(36)13-8-16(24)19(28-9-13)15-2-3-27-11-17(15)30-22(35)18-20(26)31-34-12-14(25)10-29-21(18)34;24-16-11-28-21-19(20(25)30-32(21)13-16)22(33)29-18-12-27-6-5-17(18)14-1-3-15(4-2-14)23(34)31-9-7-26-8-10-31/h3-6,11-14H,7-10H2,1-2H3,(H2,27,31)(H,30,35);2-5,10-13H,6-9H2,1H3,(H2,27,31)(H,30,35);2-3,8-12H,4-7H2,1H3,(H2,26,31)(H,30,35);1-6,11-13,26H,7-10H2,(H2,25,30)(H,29,33). The summed E-state index contributed by atoms with van der Waals surface area (Å²) in [4.78, 5) is 154. The number of nitrogens with zero attached hydrogens (tertiary/aromatic N) is 24. The van der Waals surface area contributed by atoms with Crippen molar-refractivity contribution in [3.8, 4) is 44.6 Å². The maximum Gasteiger partial charge on any atom is 0.263 e. The number of nitrogen functional groups attached to an aromatic ring is 4. The Morgan fingerprint density at radius 3 is 1.08 bits per heavy atom. The van der Waals surface area contributed by atoms with E-state index in [0.717, 1.165) is 148 Å². The largest absolute Gasteiger partial charge is 0.381 e. The first-order valence-electron chi connectivity index (χ1n) is 44.3. The zero-order valence-corrected chi connectivity index (χ0v) is 77.1. The molecule has 13 N–H and O–H groups in total. The molecule has 17 heterocycles. The average Bonchev–Trinajstić information content (AvgIpc) is 1.61. The van der Waals surface area contributed by atoms with Crippen molar-refractivity contribution < 1.29 is 60.3 Å². The molecule has 0 bridgehead atoms. The summed E-state index contributed by atoms with van der Waals surface area (Å²) in [6.45, 7) is 13.7. The van der Waals surface area contributed by atoms with Crippen molar-refractivity contribution in [2.24, 2.45) is 0 Å². The monoisotopic (exact) mass is 1950 g/mol. The van der Waals surface area contributed by atoms with Gasteiger partial charge in [0, 0.05) is 168 Å². The zero-order chi connectivity index (χ0) is 99.8. The number of carbonyl (C=O) groups is 8. The number of hydrogen-bond acceptors (Lipinski definition) is 29. The molecule has 142 heavy (non-hydrogen) atoms. The van der Waals surface area contributed by atoms with E-state index in [1.807, 2.05) is 62.1 Å². The molecule has 16 aromatic rings. The number of benzene rings is 3. The van der Waals surface area contributed by atoms with E-state index in [1.54, 1.807) is 88.9 Å². The van der Waals surface area contributed by atoms with Gasteiger partial charge in [0.2, 0.25) is 0 Å². The van der Waals surface area contributed by atoms with Gasteiger partial charge in [0.1, 0.15) is 22.3 Å². The van der Waals surface area contributed by atoms with E-state index < -0.39 is 52.7 Å². The van der Waals surface area contributed by atoms with E-state index >= 15 is 0 Å².